The fraction of sp³-hybridized carbons (Fsp3) is 0.438. The summed E-state index contributed by atoms with van der Waals surface area (Å²) in [7, 11) is 3.76. The quantitative estimate of drug-likeness (QED) is 0.915. The minimum Gasteiger partial charge on any atom is -0.313 e. The second kappa shape index (κ2) is 6.58. The van der Waals surface area contributed by atoms with E-state index in [1.165, 1.54) is 6.07 Å². The topological polar surface area (TPSA) is 29.9 Å². The normalized spacial score (nSPS) is 12.7. The van der Waals surface area contributed by atoms with Crippen molar-refractivity contribution in [3.63, 3.8) is 0 Å². The molecule has 0 spiro atoms. The van der Waals surface area contributed by atoms with Gasteiger partial charge < -0.3 is 5.32 Å². The summed E-state index contributed by atoms with van der Waals surface area (Å²) in [5, 5.41) is 8.38. The smallest absolute Gasteiger partial charge is 0.123 e. The highest BCUT2D eigenvalue weighted by atomic mass is 35.5. The molecule has 0 saturated carbocycles. The van der Waals surface area contributed by atoms with Crippen molar-refractivity contribution in [2.75, 3.05) is 7.05 Å². The predicted octanol–water partition coefficient (Wildman–Crippen LogP) is 3.59. The van der Waals surface area contributed by atoms with Gasteiger partial charge in [0.15, 0.2) is 0 Å². The molecule has 0 saturated heterocycles. The highest BCUT2D eigenvalue weighted by Gasteiger charge is 2.19. The lowest BCUT2D eigenvalue weighted by Crippen LogP contribution is -2.20. The van der Waals surface area contributed by atoms with Crippen LogP contribution in [-0.4, -0.2) is 16.8 Å². The van der Waals surface area contributed by atoms with Crippen molar-refractivity contribution < 1.29 is 4.39 Å². The molecular weight excluding hydrogens is 289 g/mol. The second-order valence-electron chi connectivity index (χ2n) is 5.29. The summed E-state index contributed by atoms with van der Waals surface area (Å²) in [6.07, 6.45) is 1.47. The Bertz CT molecular complexity index is 616. The lowest BCUT2D eigenvalue weighted by atomic mass is 9.99. The van der Waals surface area contributed by atoms with Gasteiger partial charge >= 0.3 is 0 Å². The van der Waals surface area contributed by atoms with Crippen LogP contribution in [0.2, 0.25) is 5.02 Å². The Labute approximate surface area is 130 Å². The zero-order valence-electron chi connectivity index (χ0n) is 12.9. The van der Waals surface area contributed by atoms with Gasteiger partial charge in [0, 0.05) is 19.5 Å². The lowest BCUT2D eigenvalue weighted by molar-refractivity contribution is 0.553. The molecule has 0 amide bonds. The van der Waals surface area contributed by atoms with E-state index in [0.29, 0.717) is 11.4 Å². The molecule has 2 aromatic rings. The molecular formula is C16H21ClFN3. The van der Waals surface area contributed by atoms with E-state index in [-0.39, 0.29) is 11.9 Å². The standard InChI is InChI=1S/C16H21ClFN3/c1-5-13-16(17)15(21(4)20-13)9-14(19-3)11-6-10(2)7-12(18)8-11/h6-8,14,19H,5,9H2,1-4H3. The third kappa shape index (κ3) is 3.44. The van der Waals surface area contributed by atoms with E-state index in [1.54, 1.807) is 6.07 Å². The van der Waals surface area contributed by atoms with Crippen molar-refractivity contribution in [2.45, 2.75) is 32.7 Å². The molecule has 0 aliphatic heterocycles. The van der Waals surface area contributed by atoms with Gasteiger partial charge in [0.25, 0.3) is 0 Å². The Kier molecular flexibility index (Phi) is 5.01. The van der Waals surface area contributed by atoms with Crippen LogP contribution in [0.5, 0.6) is 0 Å². The number of benzene rings is 1. The van der Waals surface area contributed by atoms with Crippen molar-refractivity contribution in [3.8, 4) is 0 Å². The maximum atomic E-state index is 13.6. The minimum atomic E-state index is -0.212. The first kappa shape index (κ1) is 16.0. The van der Waals surface area contributed by atoms with Crippen molar-refractivity contribution in [3.05, 3.63) is 51.6 Å². The van der Waals surface area contributed by atoms with E-state index in [2.05, 4.69) is 10.4 Å². The molecule has 0 fully saturated rings. The monoisotopic (exact) mass is 309 g/mol. The van der Waals surface area contributed by atoms with Gasteiger partial charge in [-0.2, -0.15) is 5.10 Å². The average Bonchev–Trinajstić information content (AvgIpc) is 2.70. The predicted molar refractivity (Wildman–Crippen MR) is 84.2 cm³/mol. The summed E-state index contributed by atoms with van der Waals surface area (Å²) in [5.41, 5.74) is 3.70. The van der Waals surface area contributed by atoms with E-state index in [9.17, 15) is 4.39 Å². The van der Waals surface area contributed by atoms with E-state index in [1.807, 2.05) is 38.7 Å². The molecule has 21 heavy (non-hydrogen) atoms. The molecule has 0 radical (unpaired) electrons. The number of nitrogens with zero attached hydrogens (tertiary/aromatic N) is 2. The van der Waals surface area contributed by atoms with Gasteiger partial charge in [-0.15, -0.1) is 0 Å². The summed E-state index contributed by atoms with van der Waals surface area (Å²) in [6.45, 7) is 3.93. The van der Waals surface area contributed by atoms with Crippen LogP contribution in [0.1, 0.15) is 35.5 Å². The van der Waals surface area contributed by atoms with Gasteiger partial charge in [0.2, 0.25) is 0 Å². The molecule has 1 aromatic carbocycles. The molecule has 0 aliphatic carbocycles. The maximum absolute atomic E-state index is 13.6. The van der Waals surface area contributed by atoms with E-state index < -0.39 is 0 Å². The molecule has 1 atom stereocenters. The minimum absolute atomic E-state index is 0.00277. The SMILES string of the molecule is CCc1nn(C)c(CC(NC)c2cc(C)cc(F)c2)c1Cl. The van der Waals surface area contributed by atoms with Gasteiger partial charge in [-0.05, 0) is 43.7 Å². The Hall–Kier alpha value is -1.39. The van der Waals surface area contributed by atoms with Crippen molar-refractivity contribution in [2.24, 2.45) is 7.05 Å². The molecule has 1 aromatic heterocycles. The fourth-order valence-electron chi connectivity index (χ4n) is 2.59. The van der Waals surface area contributed by atoms with Crippen molar-refractivity contribution in [1.29, 1.82) is 0 Å². The van der Waals surface area contributed by atoms with Crippen LogP contribution < -0.4 is 5.32 Å². The summed E-state index contributed by atoms with van der Waals surface area (Å²) < 4.78 is 15.4. The van der Waals surface area contributed by atoms with Crippen molar-refractivity contribution >= 4 is 11.6 Å². The van der Waals surface area contributed by atoms with Gasteiger partial charge in [0.1, 0.15) is 5.82 Å². The average molecular weight is 310 g/mol. The number of rotatable bonds is 5. The Morgan fingerprint density at radius 3 is 2.62 bits per heavy atom. The lowest BCUT2D eigenvalue weighted by Gasteiger charge is -2.18. The number of aromatic nitrogens is 2. The molecule has 2 rings (SSSR count). The number of aryl methyl sites for hydroxylation is 3. The molecule has 114 valence electrons. The largest absolute Gasteiger partial charge is 0.313 e. The summed E-state index contributed by atoms with van der Waals surface area (Å²) >= 11 is 6.40. The summed E-state index contributed by atoms with van der Waals surface area (Å²) in [4.78, 5) is 0. The number of hydrogen-bond donors (Lipinski definition) is 1. The van der Waals surface area contributed by atoms with E-state index in [0.717, 1.165) is 28.9 Å². The molecule has 3 nitrogen and oxygen atoms in total. The van der Waals surface area contributed by atoms with Crippen LogP contribution in [0.15, 0.2) is 18.2 Å². The van der Waals surface area contributed by atoms with Gasteiger partial charge in [-0.1, -0.05) is 24.6 Å². The molecule has 1 unspecified atom stereocenters. The van der Waals surface area contributed by atoms with Crippen molar-refractivity contribution in [1.82, 2.24) is 15.1 Å². The Morgan fingerprint density at radius 1 is 1.38 bits per heavy atom. The first-order valence-corrected chi connectivity index (χ1v) is 7.48. The highest BCUT2D eigenvalue weighted by Crippen LogP contribution is 2.27. The van der Waals surface area contributed by atoms with Crippen LogP contribution in [-0.2, 0) is 19.9 Å². The first-order chi connectivity index (χ1) is 9.96. The Balaban J connectivity index is 2.33. The molecule has 5 heteroatoms. The van der Waals surface area contributed by atoms with Crippen LogP contribution in [0.3, 0.4) is 0 Å². The Morgan fingerprint density at radius 2 is 2.10 bits per heavy atom. The van der Waals surface area contributed by atoms with Gasteiger partial charge in [-0.3, -0.25) is 4.68 Å². The van der Waals surface area contributed by atoms with Crippen LogP contribution in [0.4, 0.5) is 4.39 Å². The highest BCUT2D eigenvalue weighted by molar-refractivity contribution is 6.31. The summed E-state index contributed by atoms with van der Waals surface area (Å²) in [6, 6.07) is 5.09. The van der Waals surface area contributed by atoms with E-state index in [4.69, 9.17) is 11.6 Å². The van der Waals surface area contributed by atoms with Crippen LogP contribution in [0.25, 0.3) is 0 Å². The maximum Gasteiger partial charge on any atom is 0.123 e. The van der Waals surface area contributed by atoms with Crippen LogP contribution >= 0.6 is 11.6 Å². The van der Waals surface area contributed by atoms with E-state index >= 15 is 0 Å². The zero-order valence-corrected chi connectivity index (χ0v) is 13.6. The van der Waals surface area contributed by atoms with Gasteiger partial charge in [-0.25, -0.2) is 4.39 Å². The van der Waals surface area contributed by atoms with Crippen LogP contribution in [0, 0.1) is 12.7 Å². The molecule has 0 aliphatic rings. The molecule has 1 N–H and O–H groups in total. The number of likely N-dealkylation sites (N-methyl/N-ethyl adjacent to an activating group) is 1. The first-order valence-electron chi connectivity index (χ1n) is 7.10. The van der Waals surface area contributed by atoms with Gasteiger partial charge in [0.05, 0.1) is 16.4 Å². The third-order valence-corrected chi connectivity index (χ3v) is 4.15. The number of nitrogens with one attached hydrogen (secondary N) is 1. The summed E-state index contributed by atoms with van der Waals surface area (Å²) in [5.74, 6) is -0.212. The third-order valence-electron chi connectivity index (χ3n) is 3.72. The second-order valence-corrected chi connectivity index (χ2v) is 5.67. The molecule has 0 bridgehead atoms. The fourth-order valence-corrected chi connectivity index (χ4v) is 2.96. The molecule has 1 heterocycles. The number of hydrogen-bond acceptors (Lipinski definition) is 2. The zero-order chi connectivity index (χ0) is 15.6. The number of halogens is 2.